The molecule has 2 heterocycles. The highest BCUT2D eigenvalue weighted by Gasteiger charge is 2.20. The van der Waals surface area contributed by atoms with Gasteiger partial charge in [-0.2, -0.15) is 13.9 Å². The summed E-state index contributed by atoms with van der Waals surface area (Å²) in [6.45, 7) is -0.0394. The van der Waals surface area contributed by atoms with Gasteiger partial charge in [0.05, 0.1) is 24.2 Å². The molecule has 0 saturated heterocycles. The summed E-state index contributed by atoms with van der Waals surface area (Å²) >= 11 is 0. The molecule has 2 aromatic heterocycles. The van der Waals surface area contributed by atoms with Crippen molar-refractivity contribution in [2.75, 3.05) is 10.6 Å². The lowest BCUT2D eigenvalue weighted by molar-refractivity contribution is 0.116. The van der Waals surface area contributed by atoms with Crippen LogP contribution in [0.15, 0.2) is 46.9 Å². The van der Waals surface area contributed by atoms with Crippen LogP contribution < -0.4 is 4.31 Å². The van der Waals surface area contributed by atoms with Gasteiger partial charge in [0.2, 0.25) is 10.0 Å². The molecule has 0 aliphatic heterocycles. The fourth-order valence-electron chi connectivity index (χ4n) is 2.13. The van der Waals surface area contributed by atoms with Crippen LogP contribution in [-0.2, 0) is 16.6 Å². The van der Waals surface area contributed by atoms with Crippen molar-refractivity contribution in [3.8, 4) is 11.6 Å². The van der Waals surface area contributed by atoms with E-state index in [9.17, 15) is 17.2 Å². The number of hydrogen-bond donors (Lipinski definition) is 0. The zero-order chi connectivity index (χ0) is 18.7. The van der Waals surface area contributed by atoms with Gasteiger partial charge in [0.25, 0.3) is 11.8 Å². The van der Waals surface area contributed by atoms with Gasteiger partial charge < -0.3 is 4.42 Å². The van der Waals surface area contributed by atoms with Crippen LogP contribution in [0.3, 0.4) is 0 Å². The van der Waals surface area contributed by atoms with E-state index in [0.29, 0.717) is 11.4 Å². The van der Waals surface area contributed by atoms with Crippen molar-refractivity contribution in [2.24, 2.45) is 0 Å². The summed E-state index contributed by atoms with van der Waals surface area (Å²) < 4.78 is 55.1. The molecule has 0 aliphatic rings. The standard InChI is InChI=1S/C15H13F2N5O3S/c1-26(23,24)22(11-5-3-2-4-6-11)9-10-7-8-12(19-18-10)14-20-21-15(25-14)13(16)17/h2-8,13H,9H2,1H3. The average Bonchev–Trinajstić information content (AvgIpc) is 3.10. The first-order chi connectivity index (χ1) is 12.3. The molecule has 11 heteroatoms. The van der Waals surface area contributed by atoms with Crippen molar-refractivity contribution in [1.82, 2.24) is 20.4 Å². The molecule has 0 amide bonds. The van der Waals surface area contributed by atoms with Crippen molar-refractivity contribution in [1.29, 1.82) is 0 Å². The minimum absolute atomic E-state index is 0.0394. The van der Waals surface area contributed by atoms with Gasteiger partial charge in [-0.25, -0.2) is 8.42 Å². The van der Waals surface area contributed by atoms with E-state index in [0.717, 1.165) is 6.26 Å². The van der Waals surface area contributed by atoms with Crippen LogP contribution in [-0.4, -0.2) is 35.1 Å². The minimum Gasteiger partial charge on any atom is -0.413 e. The molecule has 0 atom stereocenters. The number of halogens is 2. The number of rotatable bonds is 6. The van der Waals surface area contributed by atoms with Crippen molar-refractivity contribution >= 4 is 15.7 Å². The topological polar surface area (TPSA) is 102 Å². The van der Waals surface area contributed by atoms with Crippen LogP contribution in [0.4, 0.5) is 14.5 Å². The maximum absolute atomic E-state index is 12.5. The van der Waals surface area contributed by atoms with Gasteiger partial charge in [-0.3, -0.25) is 4.31 Å². The largest absolute Gasteiger partial charge is 0.413 e. The molecule has 136 valence electrons. The van der Waals surface area contributed by atoms with E-state index >= 15 is 0 Å². The Morgan fingerprint density at radius 2 is 1.77 bits per heavy atom. The second-order valence-corrected chi connectivity index (χ2v) is 7.17. The molecule has 0 aliphatic carbocycles. The fraction of sp³-hybridized carbons (Fsp3) is 0.200. The average molecular weight is 381 g/mol. The summed E-state index contributed by atoms with van der Waals surface area (Å²) in [4.78, 5) is 0. The van der Waals surface area contributed by atoms with E-state index in [4.69, 9.17) is 4.42 Å². The van der Waals surface area contributed by atoms with Crippen LogP contribution in [0.5, 0.6) is 0 Å². The molecule has 0 spiro atoms. The minimum atomic E-state index is -3.54. The van der Waals surface area contributed by atoms with Crippen LogP contribution >= 0.6 is 0 Å². The highest BCUT2D eigenvalue weighted by molar-refractivity contribution is 7.92. The Labute approximate surface area is 147 Å². The quantitative estimate of drug-likeness (QED) is 0.646. The van der Waals surface area contributed by atoms with E-state index in [1.54, 1.807) is 30.3 Å². The van der Waals surface area contributed by atoms with Gasteiger partial charge >= 0.3 is 6.43 Å². The van der Waals surface area contributed by atoms with E-state index < -0.39 is 22.3 Å². The highest BCUT2D eigenvalue weighted by atomic mass is 32.2. The molecule has 0 fully saturated rings. The van der Waals surface area contributed by atoms with Crippen molar-refractivity contribution in [3.05, 3.63) is 54.0 Å². The van der Waals surface area contributed by atoms with Gasteiger partial charge in [-0.05, 0) is 24.3 Å². The molecule has 0 saturated carbocycles. The Morgan fingerprint density at radius 1 is 1.04 bits per heavy atom. The Kier molecular flexibility index (Phi) is 4.89. The number of sulfonamides is 1. The van der Waals surface area contributed by atoms with Gasteiger partial charge in [0.1, 0.15) is 5.69 Å². The normalized spacial score (nSPS) is 11.7. The van der Waals surface area contributed by atoms with E-state index in [1.807, 2.05) is 0 Å². The SMILES string of the molecule is CS(=O)(=O)N(Cc1ccc(-c2nnc(C(F)F)o2)nn1)c1ccccc1. The van der Waals surface area contributed by atoms with Crippen LogP contribution in [0, 0.1) is 0 Å². The molecule has 8 nitrogen and oxygen atoms in total. The van der Waals surface area contributed by atoms with Crippen LogP contribution in [0.1, 0.15) is 18.0 Å². The molecule has 26 heavy (non-hydrogen) atoms. The van der Waals surface area contributed by atoms with Crippen molar-refractivity contribution in [3.63, 3.8) is 0 Å². The molecular weight excluding hydrogens is 368 g/mol. The summed E-state index contributed by atoms with van der Waals surface area (Å²) in [6.07, 6.45) is -1.79. The third kappa shape index (κ3) is 3.99. The van der Waals surface area contributed by atoms with Crippen LogP contribution in [0.2, 0.25) is 0 Å². The number of para-hydroxylation sites is 1. The number of aromatic nitrogens is 4. The Morgan fingerprint density at radius 3 is 2.31 bits per heavy atom. The van der Waals surface area contributed by atoms with E-state index in [2.05, 4.69) is 20.4 Å². The molecule has 0 N–H and O–H groups in total. The number of anilines is 1. The number of alkyl halides is 2. The van der Waals surface area contributed by atoms with Gasteiger partial charge in [-0.1, -0.05) is 18.2 Å². The summed E-state index contributed by atoms with van der Waals surface area (Å²) in [5.74, 6) is -0.999. The third-order valence-corrected chi connectivity index (χ3v) is 4.46. The Balaban J connectivity index is 1.83. The van der Waals surface area contributed by atoms with Crippen LogP contribution in [0.25, 0.3) is 11.6 Å². The van der Waals surface area contributed by atoms with Crippen molar-refractivity contribution in [2.45, 2.75) is 13.0 Å². The zero-order valence-electron chi connectivity index (χ0n) is 13.5. The first-order valence-electron chi connectivity index (χ1n) is 7.32. The Bertz CT molecular complexity index is 978. The summed E-state index contributed by atoms with van der Waals surface area (Å²) in [7, 11) is -3.54. The molecule has 3 aromatic rings. The smallest absolute Gasteiger partial charge is 0.314 e. The summed E-state index contributed by atoms with van der Waals surface area (Å²) in [5.41, 5.74) is 0.953. The lowest BCUT2D eigenvalue weighted by atomic mass is 10.3. The van der Waals surface area contributed by atoms with Crippen molar-refractivity contribution < 1.29 is 21.6 Å². The second kappa shape index (κ2) is 7.12. The van der Waals surface area contributed by atoms with Gasteiger partial charge in [0, 0.05) is 0 Å². The molecule has 1 aromatic carbocycles. The van der Waals surface area contributed by atoms with Gasteiger partial charge in [0.15, 0.2) is 0 Å². The highest BCUT2D eigenvalue weighted by Crippen LogP contribution is 2.22. The monoisotopic (exact) mass is 381 g/mol. The first kappa shape index (κ1) is 17.9. The third-order valence-electron chi connectivity index (χ3n) is 3.32. The predicted molar refractivity (Wildman–Crippen MR) is 87.7 cm³/mol. The molecule has 3 rings (SSSR count). The molecule has 0 bridgehead atoms. The molecular formula is C15H13F2N5O3S. The zero-order valence-corrected chi connectivity index (χ0v) is 14.3. The Hall–Kier alpha value is -2.95. The fourth-order valence-corrected chi connectivity index (χ4v) is 3.00. The maximum Gasteiger partial charge on any atom is 0.314 e. The number of benzene rings is 1. The summed E-state index contributed by atoms with van der Waals surface area (Å²) in [6, 6.07) is 11.5. The van der Waals surface area contributed by atoms with Gasteiger partial charge in [-0.15, -0.1) is 15.3 Å². The van der Waals surface area contributed by atoms with E-state index in [1.165, 1.54) is 16.4 Å². The number of nitrogens with zero attached hydrogens (tertiary/aromatic N) is 5. The number of hydrogen-bond acceptors (Lipinski definition) is 7. The van der Waals surface area contributed by atoms with E-state index in [-0.39, 0.29) is 18.1 Å². The predicted octanol–water partition coefficient (Wildman–Crippen LogP) is 2.43. The molecule has 0 radical (unpaired) electrons. The first-order valence-corrected chi connectivity index (χ1v) is 9.17. The second-order valence-electron chi connectivity index (χ2n) is 5.26. The lowest BCUT2D eigenvalue weighted by Gasteiger charge is -2.21. The summed E-state index contributed by atoms with van der Waals surface area (Å²) in [5, 5.41) is 14.4. The molecule has 0 unspecified atom stereocenters. The lowest BCUT2D eigenvalue weighted by Crippen LogP contribution is -2.29. The maximum atomic E-state index is 12.5.